The van der Waals surface area contributed by atoms with Gasteiger partial charge in [-0.2, -0.15) is 0 Å². The van der Waals surface area contributed by atoms with Crippen molar-refractivity contribution in [3.63, 3.8) is 0 Å². The molecule has 2 aliphatic rings. The van der Waals surface area contributed by atoms with Crippen LogP contribution in [0.2, 0.25) is 0 Å². The molecule has 0 aromatic carbocycles. The molecule has 3 rings (SSSR count). The van der Waals surface area contributed by atoms with Gasteiger partial charge in [-0.05, 0) is 25.3 Å². The summed E-state index contributed by atoms with van der Waals surface area (Å²) in [4.78, 5) is 8.81. The number of aliphatic hydroxyl groups excluding tert-OH is 1. The molecular weight excluding hydrogens is 254 g/mol. The van der Waals surface area contributed by atoms with Crippen LogP contribution in [0.15, 0.2) is 12.3 Å². The Kier molecular flexibility index (Phi) is 3.67. The first-order valence-corrected chi connectivity index (χ1v) is 7.33. The monoisotopic (exact) mass is 277 g/mol. The van der Waals surface area contributed by atoms with E-state index in [0.717, 1.165) is 50.4 Å². The molecule has 2 atom stereocenters. The second-order valence-corrected chi connectivity index (χ2v) is 5.73. The van der Waals surface area contributed by atoms with E-state index >= 15 is 0 Å². The molecule has 2 fully saturated rings. The van der Waals surface area contributed by atoms with Crippen molar-refractivity contribution in [3.8, 4) is 0 Å². The zero-order valence-corrected chi connectivity index (χ0v) is 11.7. The molecule has 0 spiro atoms. The molecule has 2 aliphatic heterocycles. The summed E-state index contributed by atoms with van der Waals surface area (Å²) in [5.74, 6) is 0.805. The Morgan fingerprint density at radius 1 is 1.35 bits per heavy atom. The van der Waals surface area contributed by atoms with E-state index < -0.39 is 0 Å². The zero-order valence-electron chi connectivity index (χ0n) is 11.7. The number of pyridine rings is 1. The van der Waals surface area contributed by atoms with Gasteiger partial charge in [-0.3, -0.25) is 0 Å². The van der Waals surface area contributed by atoms with Crippen molar-refractivity contribution in [1.29, 1.82) is 0 Å². The van der Waals surface area contributed by atoms with E-state index in [2.05, 4.69) is 14.8 Å². The third kappa shape index (κ3) is 2.29. The molecule has 20 heavy (non-hydrogen) atoms. The Labute approximate surface area is 119 Å². The number of nitrogens with two attached hydrogens (primary N) is 2. The number of nitrogens with zero attached hydrogens (tertiary/aromatic N) is 3. The van der Waals surface area contributed by atoms with Gasteiger partial charge in [-0.1, -0.05) is 0 Å². The SMILES string of the molecule is Nc1c(N2CCC(N)C2)ccnc1N1CCCC1CO. The molecule has 0 radical (unpaired) electrons. The van der Waals surface area contributed by atoms with Crippen LogP contribution in [-0.2, 0) is 0 Å². The molecule has 2 saturated heterocycles. The maximum absolute atomic E-state index is 9.47. The Morgan fingerprint density at radius 3 is 2.90 bits per heavy atom. The van der Waals surface area contributed by atoms with Crippen molar-refractivity contribution in [2.75, 3.05) is 41.8 Å². The minimum atomic E-state index is 0.140. The quantitative estimate of drug-likeness (QED) is 0.729. The summed E-state index contributed by atoms with van der Waals surface area (Å²) in [6, 6.07) is 2.32. The third-order valence-electron chi connectivity index (χ3n) is 4.37. The molecule has 0 aliphatic carbocycles. The highest BCUT2D eigenvalue weighted by Crippen LogP contribution is 2.35. The Balaban J connectivity index is 1.89. The van der Waals surface area contributed by atoms with E-state index in [4.69, 9.17) is 11.5 Å². The van der Waals surface area contributed by atoms with Crippen LogP contribution in [0.5, 0.6) is 0 Å². The minimum absolute atomic E-state index is 0.140. The van der Waals surface area contributed by atoms with Crippen LogP contribution < -0.4 is 21.3 Å². The summed E-state index contributed by atoms with van der Waals surface area (Å²) in [6.07, 6.45) is 4.87. The predicted octanol–water partition coefficient (Wildman–Crippen LogP) is 0.162. The summed E-state index contributed by atoms with van der Waals surface area (Å²) in [6.45, 7) is 2.85. The Morgan fingerprint density at radius 2 is 2.20 bits per heavy atom. The molecule has 6 nitrogen and oxygen atoms in total. The van der Waals surface area contributed by atoms with Crippen molar-refractivity contribution < 1.29 is 5.11 Å². The fraction of sp³-hybridized carbons (Fsp3) is 0.643. The lowest BCUT2D eigenvalue weighted by atomic mass is 10.2. The summed E-state index contributed by atoms with van der Waals surface area (Å²) >= 11 is 0. The van der Waals surface area contributed by atoms with Gasteiger partial charge in [0.1, 0.15) is 0 Å². The highest BCUT2D eigenvalue weighted by atomic mass is 16.3. The van der Waals surface area contributed by atoms with Crippen LogP contribution in [0.4, 0.5) is 17.2 Å². The summed E-state index contributed by atoms with van der Waals surface area (Å²) in [5.41, 5.74) is 14.0. The van der Waals surface area contributed by atoms with Crippen molar-refractivity contribution in [1.82, 2.24) is 4.98 Å². The number of anilines is 3. The van der Waals surface area contributed by atoms with Gasteiger partial charge in [0.15, 0.2) is 5.82 Å². The molecule has 1 aromatic heterocycles. The summed E-state index contributed by atoms with van der Waals surface area (Å²) in [5, 5.41) is 9.47. The largest absolute Gasteiger partial charge is 0.394 e. The molecule has 0 amide bonds. The predicted molar refractivity (Wildman–Crippen MR) is 80.9 cm³/mol. The summed E-state index contributed by atoms with van der Waals surface area (Å²) < 4.78 is 0. The smallest absolute Gasteiger partial charge is 0.154 e. The van der Waals surface area contributed by atoms with E-state index in [1.807, 2.05) is 6.07 Å². The molecule has 6 heteroatoms. The van der Waals surface area contributed by atoms with Crippen LogP contribution in [0, 0.1) is 0 Å². The maximum Gasteiger partial charge on any atom is 0.154 e. The van der Waals surface area contributed by atoms with Crippen molar-refractivity contribution >= 4 is 17.2 Å². The normalized spacial score (nSPS) is 26.5. The van der Waals surface area contributed by atoms with Crippen molar-refractivity contribution in [2.24, 2.45) is 5.73 Å². The van der Waals surface area contributed by atoms with Gasteiger partial charge in [0.05, 0.1) is 24.0 Å². The Bertz CT molecular complexity index is 481. The average Bonchev–Trinajstić information content (AvgIpc) is 3.07. The number of rotatable bonds is 3. The second-order valence-electron chi connectivity index (χ2n) is 5.73. The second kappa shape index (κ2) is 5.46. The average molecular weight is 277 g/mol. The van der Waals surface area contributed by atoms with Gasteiger partial charge in [0.2, 0.25) is 0 Å². The van der Waals surface area contributed by atoms with Crippen LogP contribution in [0.25, 0.3) is 0 Å². The molecule has 0 bridgehead atoms. The molecule has 0 saturated carbocycles. The van der Waals surface area contributed by atoms with E-state index in [1.54, 1.807) is 6.20 Å². The van der Waals surface area contributed by atoms with Gasteiger partial charge in [0.25, 0.3) is 0 Å². The number of nitrogen functional groups attached to an aromatic ring is 1. The van der Waals surface area contributed by atoms with Crippen LogP contribution >= 0.6 is 0 Å². The first kappa shape index (κ1) is 13.5. The topological polar surface area (TPSA) is 91.6 Å². The summed E-state index contributed by atoms with van der Waals surface area (Å²) in [7, 11) is 0. The first-order chi connectivity index (χ1) is 9.70. The van der Waals surface area contributed by atoms with E-state index in [1.165, 1.54) is 0 Å². The fourth-order valence-electron chi connectivity index (χ4n) is 3.27. The number of hydrogen-bond donors (Lipinski definition) is 3. The highest BCUT2D eigenvalue weighted by molar-refractivity contribution is 5.79. The third-order valence-corrected chi connectivity index (χ3v) is 4.37. The first-order valence-electron chi connectivity index (χ1n) is 7.33. The van der Waals surface area contributed by atoms with E-state index in [0.29, 0.717) is 5.69 Å². The van der Waals surface area contributed by atoms with E-state index in [9.17, 15) is 5.11 Å². The molecule has 1 aromatic rings. The molecular formula is C14H23N5O. The number of hydrogen-bond acceptors (Lipinski definition) is 6. The minimum Gasteiger partial charge on any atom is -0.394 e. The lowest BCUT2D eigenvalue weighted by molar-refractivity contribution is 0.266. The standard InChI is InChI=1S/C14H23N5O/c15-10-4-7-18(8-10)12-3-5-17-14(13(12)16)19-6-1-2-11(19)9-20/h3,5,10-11,20H,1-2,4,6-9,15-16H2. The van der Waals surface area contributed by atoms with Gasteiger partial charge in [0, 0.05) is 31.9 Å². The highest BCUT2D eigenvalue weighted by Gasteiger charge is 2.29. The molecule has 3 heterocycles. The zero-order chi connectivity index (χ0) is 14.1. The van der Waals surface area contributed by atoms with Gasteiger partial charge < -0.3 is 26.4 Å². The van der Waals surface area contributed by atoms with E-state index in [-0.39, 0.29) is 18.7 Å². The molecule has 5 N–H and O–H groups in total. The van der Waals surface area contributed by atoms with Gasteiger partial charge in [-0.25, -0.2) is 4.98 Å². The van der Waals surface area contributed by atoms with Crippen LogP contribution in [0.1, 0.15) is 19.3 Å². The Hall–Kier alpha value is -1.53. The van der Waals surface area contributed by atoms with Gasteiger partial charge in [-0.15, -0.1) is 0 Å². The number of aliphatic hydroxyl groups is 1. The van der Waals surface area contributed by atoms with Crippen molar-refractivity contribution in [2.45, 2.75) is 31.3 Å². The lowest BCUT2D eigenvalue weighted by Crippen LogP contribution is -2.34. The fourth-order valence-corrected chi connectivity index (χ4v) is 3.27. The van der Waals surface area contributed by atoms with Crippen LogP contribution in [0.3, 0.4) is 0 Å². The van der Waals surface area contributed by atoms with Crippen LogP contribution in [-0.4, -0.2) is 48.4 Å². The van der Waals surface area contributed by atoms with Crippen molar-refractivity contribution in [3.05, 3.63) is 12.3 Å². The lowest BCUT2D eigenvalue weighted by Gasteiger charge is -2.28. The molecule has 110 valence electrons. The molecule has 2 unspecified atom stereocenters. The maximum atomic E-state index is 9.47. The number of aromatic nitrogens is 1. The van der Waals surface area contributed by atoms with Gasteiger partial charge >= 0.3 is 0 Å².